The molecule has 0 radical (unpaired) electrons. The van der Waals surface area contributed by atoms with Gasteiger partial charge in [0.1, 0.15) is 11.3 Å². The van der Waals surface area contributed by atoms with Gasteiger partial charge in [-0.2, -0.15) is 10.3 Å². The first-order valence-electron chi connectivity index (χ1n) is 5.12. The minimum absolute atomic E-state index is 0.256. The van der Waals surface area contributed by atoms with E-state index < -0.39 is 0 Å². The third-order valence-electron chi connectivity index (χ3n) is 2.35. The molecule has 0 amide bonds. The van der Waals surface area contributed by atoms with Crippen molar-refractivity contribution in [2.45, 2.75) is 6.54 Å². The fraction of sp³-hybridized carbons (Fsp3) is 0.0769. The van der Waals surface area contributed by atoms with Gasteiger partial charge in [-0.15, -0.1) is 0 Å². The summed E-state index contributed by atoms with van der Waals surface area (Å²) in [6, 6.07) is 11.7. The number of hydrogen-bond acceptors (Lipinski definition) is 2. The van der Waals surface area contributed by atoms with E-state index in [4.69, 9.17) is 5.26 Å². The first-order chi connectivity index (χ1) is 8.29. The monoisotopic (exact) mass is 227 g/mol. The Bertz CT molecular complexity index is 606. The molecule has 0 unspecified atom stereocenters. The van der Waals surface area contributed by atoms with E-state index in [9.17, 15) is 4.39 Å². The second-order valence-electron chi connectivity index (χ2n) is 3.53. The quantitative estimate of drug-likeness (QED) is 0.724. The highest BCUT2D eigenvalue weighted by Gasteiger charge is 1.96. The van der Waals surface area contributed by atoms with Gasteiger partial charge >= 0.3 is 0 Å². The Morgan fingerprint density at radius 2 is 1.94 bits per heavy atom. The summed E-state index contributed by atoms with van der Waals surface area (Å²) in [7, 11) is 0. The van der Waals surface area contributed by atoms with Crippen LogP contribution in [0, 0.1) is 17.3 Å². The summed E-state index contributed by atoms with van der Waals surface area (Å²) in [5.41, 5.74) is 1.54. The first kappa shape index (κ1) is 11.1. The average molecular weight is 227 g/mol. The molecule has 0 fully saturated rings. The summed E-state index contributed by atoms with van der Waals surface area (Å²) in [6.45, 7) is 0.557. The highest BCUT2D eigenvalue weighted by atomic mass is 19.1. The number of rotatable bonds is 2. The first-order valence-corrected chi connectivity index (χ1v) is 5.12. The maximum absolute atomic E-state index is 12.8. The van der Waals surface area contributed by atoms with Crippen LogP contribution in [0.3, 0.4) is 0 Å². The molecule has 0 aliphatic rings. The Kier molecular flexibility index (Phi) is 3.31. The van der Waals surface area contributed by atoms with E-state index in [0.717, 1.165) is 5.56 Å². The Morgan fingerprint density at radius 1 is 1.18 bits per heavy atom. The van der Waals surface area contributed by atoms with E-state index in [1.165, 1.54) is 12.1 Å². The van der Waals surface area contributed by atoms with Gasteiger partial charge in [0.25, 0.3) is 0 Å². The van der Waals surface area contributed by atoms with Gasteiger partial charge < -0.3 is 4.57 Å². The lowest BCUT2D eigenvalue weighted by molar-refractivity contribution is 0.626. The van der Waals surface area contributed by atoms with Gasteiger partial charge in [0.15, 0.2) is 0 Å². The maximum Gasteiger partial charge on any atom is 0.207 e. The van der Waals surface area contributed by atoms with Crippen LogP contribution in [0.2, 0.25) is 0 Å². The van der Waals surface area contributed by atoms with E-state index in [2.05, 4.69) is 4.99 Å². The van der Waals surface area contributed by atoms with Crippen molar-refractivity contribution in [2.24, 2.45) is 4.99 Å². The molecule has 0 N–H and O–H groups in total. The zero-order valence-electron chi connectivity index (χ0n) is 9.05. The van der Waals surface area contributed by atoms with Crippen molar-refractivity contribution in [3.8, 4) is 6.19 Å². The lowest BCUT2D eigenvalue weighted by atomic mass is 10.2. The van der Waals surface area contributed by atoms with E-state index in [1.54, 1.807) is 24.4 Å². The maximum atomic E-state index is 12.8. The molecule has 0 saturated heterocycles. The summed E-state index contributed by atoms with van der Waals surface area (Å²) in [4.78, 5) is 3.71. The lowest BCUT2D eigenvalue weighted by Crippen LogP contribution is -2.19. The number of benzene rings is 1. The van der Waals surface area contributed by atoms with Gasteiger partial charge in [0.05, 0.1) is 0 Å². The molecule has 0 aliphatic heterocycles. The van der Waals surface area contributed by atoms with Crippen LogP contribution >= 0.6 is 0 Å². The molecule has 17 heavy (non-hydrogen) atoms. The summed E-state index contributed by atoms with van der Waals surface area (Å²) in [5.74, 6) is -0.256. The van der Waals surface area contributed by atoms with Crippen LogP contribution in [0.25, 0.3) is 0 Å². The molecule has 0 saturated carbocycles. The second-order valence-corrected chi connectivity index (χ2v) is 3.53. The highest BCUT2D eigenvalue weighted by molar-refractivity contribution is 5.16. The number of aromatic nitrogens is 1. The molecular formula is C13H10FN3. The number of halogens is 1. The van der Waals surface area contributed by atoms with Crippen LogP contribution in [0.4, 0.5) is 4.39 Å². The molecule has 1 heterocycles. The van der Waals surface area contributed by atoms with Crippen LogP contribution in [0.1, 0.15) is 5.56 Å². The van der Waals surface area contributed by atoms with E-state index in [1.807, 2.05) is 22.9 Å². The largest absolute Gasteiger partial charge is 0.328 e. The molecule has 0 aliphatic carbocycles. The van der Waals surface area contributed by atoms with E-state index in [0.29, 0.717) is 12.0 Å². The molecule has 84 valence electrons. The minimum Gasteiger partial charge on any atom is -0.328 e. The minimum atomic E-state index is -0.256. The molecule has 0 bridgehead atoms. The van der Waals surface area contributed by atoms with Gasteiger partial charge in [-0.3, -0.25) is 0 Å². The fourth-order valence-electron chi connectivity index (χ4n) is 1.54. The fourth-order valence-corrected chi connectivity index (χ4v) is 1.54. The molecule has 2 rings (SSSR count). The Balaban J connectivity index is 2.34. The van der Waals surface area contributed by atoms with Crippen molar-refractivity contribution in [3.05, 3.63) is 65.5 Å². The Morgan fingerprint density at radius 3 is 2.65 bits per heavy atom. The van der Waals surface area contributed by atoms with Crippen molar-refractivity contribution in [2.75, 3.05) is 0 Å². The molecule has 3 nitrogen and oxygen atoms in total. The Hall–Kier alpha value is -2.41. The zero-order chi connectivity index (χ0) is 12.1. The third-order valence-corrected chi connectivity index (χ3v) is 2.35. The van der Waals surface area contributed by atoms with Gasteiger partial charge in [-0.1, -0.05) is 18.2 Å². The highest BCUT2D eigenvalue weighted by Crippen LogP contribution is 2.03. The molecule has 2 aromatic rings. The molecule has 0 spiro atoms. The predicted octanol–water partition coefficient (Wildman–Crippen LogP) is 2.06. The van der Waals surface area contributed by atoms with Crippen molar-refractivity contribution in [3.63, 3.8) is 0 Å². The van der Waals surface area contributed by atoms with Crippen LogP contribution in [-0.2, 0) is 6.54 Å². The number of nitrogens with zero attached hydrogens (tertiary/aromatic N) is 3. The summed E-state index contributed by atoms with van der Waals surface area (Å²) in [5, 5.41) is 8.57. The zero-order valence-corrected chi connectivity index (χ0v) is 9.05. The smallest absolute Gasteiger partial charge is 0.207 e. The molecule has 1 aromatic heterocycles. The van der Waals surface area contributed by atoms with Crippen LogP contribution in [0.5, 0.6) is 0 Å². The SMILES string of the molecule is N#CN=c1ccccn1Cc1ccc(F)cc1. The van der Waals surface area contributed by atoms with Crippen LogP contribution in [0.15, 0.2) is 53.7 Å². The van der Waals surface area contributed by atoms with Crippen LogP contribution in [-0.4, -0.2) is 4.57 Å². The van der Waals surface area contributed by atoms with Gasteiger partial charge in [-0.05, 0) is 29.8 Å². The standard InChI is InChI=1S/C13H10FN3/c14-12-6-4-11(5-7-12)9-17-8-2-1-3-13(17)16-10-15/h1-8H,9H2. The average Bonchev–Trinajstić information content (AvgIpc) is 2.35. The number of hydrogen-bond donors (Lipinski definition) is 0. The Labute approximate surface area is 98.1 Å². The van der Waals surface area contributed by atoms with Crippen LogP contribution < -0.4 is 5.49 Å². The molecule has 1 aromatic carbocycles. The van der Waals surface area contributed by atoms with Crippen molar-refractivity contribution in [1.29, 1.82) is 5.26 Å². The molecule has 4 heteroatoms. The van der Waals surface area contributed by atoms with E-state index in [-0.39, 0.29) is 5.82 Å². The molecular weight excluding hydrogens is 217 g/mol. The van der Waals surface area contributed by atoms with Crippen molar-refractivity contribution < 1.29 is 4.39 Å². The van der Waals surface area contributed by atoms with Gasteiger partial charge in [-0.25, -0.2) is 4.39 Å². The van der Waals surface area contributed by atoms with Gasteiger partial charge in [0, 0.05) is 12.7 Å². The summed E-state index contributed by atoms with van der Waals surface area (Å²) in [6.07, 6.45) is 3.60. The predicted molar refractivity (Wildman–Crippen MR) is 61.1 cm³/mol. The van der Waals surface area contributed by atoms with Crippen molar-refractivity contribution in [1.82, 2.24) is 4.57 Å². The number of nitriles is 1. The molecule has 0 atom stereocenters. The lowest BCUT2D eigenvalue weighted by Gasteiger charge is -2.06. The van der Waals surface area contributed by atoms with E-state index >= 15 is 0 Å². The van der Waals surface area contributed by atoms with Crippen molar-refractivity contribution >= 4 is 0 Å². The third kappa shape index (κ3) is 2.79. The normalized spacial score (nSPS) is 11.2. The van der Waals surface area contributed by atoms with Gasteiger partial charge in [0.2, 0.25) is 6.19 Å². The number of pyridine rings is 1. The summed E-state index contributed by atoms with van der Waals surface area (Å²) < 4.78 is 14.6. The summed E-state index contributed by atoms with van der Waals surface area (Å²) >= 11 is 0. The second kappa shape index (κ2) is 5.08. The topological polar surface area (TPSA) is 41.1 Å².